The van der Waals surface area contributed by atoms with Crippen LogP contribution in [0.2, 0.25) is 0 Å². The number of benzene rings is 1. The summed E-state index contributed by atoms with van der Waals surface area (Å²) >= 11 is 0. The van der Waals surface area contributed by atoms with E-state index in [4.69, 9.17) is 9.57 Å². The van der Waals surface area contributed by atoms with E-state index in [-0.39, 0.29) is 0 Å². The first-order valence-electron chi connectivity index (χ1n) is 3.76. The van der Waals surface area contributed by atoms with Crippen LogP contribution in [0.5, 0.6) is 5.75 Å². The third-order valence-corrected chi connectivity index (χ3v) is 1.32. The van der Waals surface area contributed by atoms with Gasteiger partial charge < -0.3 is 9.57 Å². The van der Waals surface area contributed by atoms with Crippen molar-refractivity contribution in [1.29, 1.82) is 0 Å². The van der Waals surface area contributed by atoms with Crippen LogP contribution in [0.3, 0.4) is 0 Å². The van der Waals surface area contributed by atoms with Gasteiger partial charge in [-0.2, -0.15) is 0 Å². The number of hydrogen-bond donors (Lipinski definition) is 0. The Labute approximate surface area is 72.5 Å². The highest BCUT2D eigenvalue weighted by Crippen LogP contribution is 2.08. The van der Waals surface area contributed by atoms with Crippen LogP contribution < -0.4 is 4.84 Å². The van der Waals surface area contributed by atoms with Crippen LogP contribution in [-0.2, 0) is 4.74 Å². The molecule has 0 atom stereocenters. The highest BCUT2D eigenvalue weighted by molar-refractivity contribution is 5.20. The van der Waals surface area contributed by atoms with Gasteiger partial charge in [0.2, 0.25) is 0 Å². The molecule has 0 heterocycles. The number of rotatable bonds is 4. The quantitative estimate of drug-likeness (QED) is 0.501. The smallest absolute Gasteiger partial charge is 0.147 e. The summed E-state index contributed by atoms with van der Waals surface area (Å²) < 4.78 is 4.88. The van der Waals surface area contributed by atoms with E-state index in [1.54, 1.807) is 12.2 Å². The molecule has 0 aliphatic heterocycles. The molecular weight excluding hydrogens is 154 g/mol. The van der Waals surface area contributed by atoms with Gasteiger partial charge in [0.25, 0.3) is 0 Å². The zero-order valence-corrected chi connectivity index (χ0v) is 7.36. The third-order valence-electron chi connectivity index (χ3n) is 1.32. The summed E-state index contributed by atoms with van der Waals surface area (Å²) in [6.45, 7) is 0.453. The third kappa shape index (κ3) is 2.90. The summed E-state index contributed by atoms with van der Waals surface area (Å²) in [7, 11) is 3.45. The summed E-state index contributed by atoms with van der Waals surface area (Å²) in [5.41, 5.74) is 0. The van der Waals surface area contributed by atoms with Crippen LogP contribution in [-0.4, -0.2) is 26.0 Å². The van der Waals surface area contributed by atoms with Gasteiger partial charge in [-0.25, -0.2) is 0 Å². The van der Waals surface area contributed by atoms with Crippen molar-refractivity contribution in [3.63, 3.8) is 0 Å². The molecule has 0 amide bonds. The summed E-state index contributed by atoms with van der Waals surface area (Å²) in [4.78, 5) is 5.36. The molecule has 0 aliphatic carbocycles. The van der Waals surface area contributed by atoms with Crippen LogP contribution >= 0.6 is 0 Å². The van der Waals surface area contributed by atoms with Gasteiger partial charge in [-0.1, -0.05) is 18.2 Å². The number of methoxy groups -OCH3 is 1. The Morgan fingerprint density at radius 2 is 1.92 bits per heavy atom. The van der Waals surface area contributed by atoms with E-state index in [2.05, 4.69) is 0 Å². The van der Waals surface area contributed by atoms with Gasteiger partial charge in [0.1, 0.15) is 12.5 Å². The molecule has 1 aromatic carbocycles. The minimum Gasteiger partial charge on any atom is -0.404 e. The topological polar surface area (TPSA) is 21.7 Å². The monoisotopic (exact) mass is 167 g/mol. The Morgan fingerprint density at radius 1 is 1.25 bits per heavy atom. The van der Waals surface area contributed by atoms with Crippen molar-refractivity contribution in [3.8, 4) is 5.75 Å². The molecule has 0 saturated carbocycles. The molecule has 3 nitrogen and oxygen atoms in total. The molecule has 0 bridgehead atoms. The summed E-state index contributed by atoms with van der Waals surface area (Å²) in [5, 5.41) is 1.62. The SMILES string of the molecule is COCN(C)Oc1ccccc1. The Morgan fingerprint density at radius 3 is 2.50 bits per heavy atom. The molecule has 0 aromatic heterocycles. The first-order chi connectivity index (χ1) is 5.83. The van der Waals surface area contributed by atoms with E-state index in [1.165, 1.54) is 0 Å². The van der Waals surface area contributed by atoms with Crippen LogP contribution in [0.1, 0.15) is 0 Å². The lowest BCUT2D eigenvalue weighted by molar-refractivity contribution is -0.104. The number of ether oxygens (including phenoxy) is 1. The van der Waals surface area contributed by atoms with Crippen LogP contribution in [0.15, 0.2) is 30.3 Å². The fourth-order valence-electron chi connectivity index (χ4n) is 0.869. The molecule has 0 radical (unpaired) electrons. The molecule has 3 heteroatoms. The number of hydrogen-bond acceptors (Lipinski definition) is 3. The van der Waals surface area contributed by atoms with Gasteiger partial charge in [-0.3, -0.25) is 0 Å². The zero-order chi connectivity index (χ0) is 8.81. The average molecular weight is 167 g/mol. The average Bonchev–Trinajstić information content (AvgIpc) is 2.06. The molecule has 0 unspecified atom stereocenters. The minimum absolute atomic E-state index is 0.453. The van der Waals surface area contributed by atoms with Crippen molar-refractivity contribution in [2.45, 2.75) is 0 Å². The predicted octanol–water partition coefficient (Wildman–Crippen LogP) is 1.52. The molecule has 66 valence electrons. The molecule has 0 N–H and O–H groups in total. The van der Waals surface area contributed by atoms with Gasteiger partial charge in [0.15, 0.2) is 0 Å². The second-order valence-corrected chi connectivity index (χ2v) is 2.45. The van der Waals surface area contributed by atoms with E-state index < -0.39 is 0 Å². The van der Waals surface area contributed by atoms with Gasteiger partial charge in [-0.05, 0) is 12.1 Å². The lowest BCUT2D eigenvalue weighted by Gasteiger charge is -2.15. The van der Waals surface area contributed by atoms with Crippen LogP contribution in [0.4, 0.5) is 0 Å². The lowest BCUT2D eigenvalue weighted by atomic mass is 10.3. The lowest BCUT2D eigenvalue weighted by Crippen LogP contribution is -2.24. The number of nitrogens with zero attached hydrogens (tertiary/aromatic N) is 1. The molecule has 1 rings (SSSR count). The fraction of sp³-hybridized carbons (Fsp3) is 0.333. The molecule has 12 heavy (non-hydrogen) atoms. The van der Waals surface area contributed by atoms with Crippen molar-refractivity contribution in [2.24, 2.45) is 0 Å². The molecule has 1 aromatic rings. The van der Waals surface area contributed by atoms with E-state index >= 15 is 0 Å². The van der Waals surface area contributed by atoms with Crippen molar-refractivity contribution in [3.05, 3.63) is 30.3 Å². The van der Waals surface area contributed by atoms with E-state index in [0.717, 1.165) is 5.75 Å². The van der Waals surface area contributed by atoms with Crippen molar-refractivity contribution in [1.82, 2.24) is 5.06 Å². The maximum Gasteiger partial charge on any atom is 0.147 e. The minimum atomic E-state index is 0.453. The van der Waals surface area contributed by atoms with E-state index in [0.29, 0.717) is 6.73 Å². The van der Waals surface area contributed by atoms with Gasteiger partial charge >= 0.3 is 0 Å². The molecule has 0 aliphatic rings. The van der Waals surface area contributed by atoms with Crippen molar-refractivity contribution < 1.29 is 9.57 Å². The number of para-hydroxylation sites is 1. The fourth-order valence-corrected chi connectivity index (χ4v) is 0.869. The molecule has 0 fully saturated rings. The van der Waals surface area contributed by atoms with Gasteiger partial charge in [-0.15, -0.1) is 5.06 Å². The maximum absolute atomic E-state index is 5.36. The Balaban J connectivity index is 2.41. The molecule has 0 saturated heterocycles. The summed E-state index contributed by atoms with van der Waals surface area (Å²) in [6.07, 6.45) is 0. The van der Waals surface area contributed by atoms with Gasteiger partial charge in [0.05, 0.1) is 0 Å². The summed E-state index contributed by atoms with van der Waals surface area (Å²) in [5.74, 6) is 0.817. The predicted molar refractivity (Wildman–Crippen MR) is 46.7 cm³/mol. The van der Waals surface area contributed by atoms with Crippen LogP contribution in [0, 0.1) is 0 Å². The van der Waals surface area contributed by atoms with Gasteiger partial charge in [0, 0.05) is 14.2 Å². The largest absolute Gasteiger partial charge is 0.404 e. The summed E-state index contributed by atoms with van der Waals surface area (Å²) in [6, 6.07) is 9.59. The first-order valence-corrected chi connectivity index (χ1v) is 3.76. The Bertz CT molecular complexity index is 213. The first kappa shape index (κ1) is 9.03. The Kier molecular flexibility index (Phi) is 3.57. The van der Waals surface area contributed by atoms with E-state index in [9.17, 15) is 0 Å². The van der Waals surface area contributed by atoms with Crippen molar-refractivity contribution in [2.75, 3.05) is 20.9 Å². The second kappa shape index (κ2) is 4.74. The standard InChI is InChI=1S/C9H13NO2/c1-10(8-11-2)12-9-6-4-3-5-7-9/h3-7H,8H2,1-2H3. The van der Waals surface area contributed by atoms with Crippen molar-refractivity contribution >= 4 is 0 Å². The molecule has 0 spiro atoms. The highest BCUT2D eigenvalue weighted by atomic mass is 16.7. The number of hydroxylamine groups is 2. The van der Waals surface area contributed by atoms with E-state index in [1.807, 2.05) is 37.4 Å². The van der Waals surface area contributed by atoms with Crippen LogP contribution in [0.25, 0.3) is 0 Å². The molecular formula is C9H13NO2. The normalized spacial score (nSPS) is 10.2. The highest BCUT2D eigenvalue weighted by Gasteiger charge is 1.97. The second-order valence-electron chi connectivity index (χ2n) is 2.45. The maximum atomic E-state index is 5.36. The zero-order valence-electron chi connectivity index (χ0n) is 7.36. The Hall–Kier alpha value is -1.06.